The van der Waals surface area contributed by atoms with Crippen LogP contribution < -0.4 is 10.2 Å². The van der Waals surface area contributed by atoms with Gasteiger partial charge in [0.2, 0.25) is 5.76 Å². The van der Waals surface area contributed by atoms with Crippen LogP contribution in [0.25, 0.3) is 0 Å². The second-order valence-electron chi connectivity index (χ2n) is 7.19. The molecule has 5 nitrogen and oxygen atoms in total. The van der Waals surface area contributed by atoms with E-state index in [0.29, 0.717) is 22.0 Å². The lowest BCUT2D eigenvalue weighted by molar-refractivity contribution is 0.0698. The lowest BCUT2D eigenvalue weighted by Crippen LogP contribution is -2.13. The summed E-state index contributed by atoms with van der Waals surface area (Å²) in [7, 11) is 0. The number of carbonyl (C=O) groups is 1. The number of ether oxygens (including phenoxy) is 1. The average Bonchev–Trinajstić information content (AvgIpc) is 3.08. The van der Waals surface area contributed by atoms with E-state index >= 15 is 0 Å². The summed E-state index contributed by atoms with van der Waals surface area (Å²) in [6.45, 7) is 3.66. The summed E-state index contributed by atoms with van der Waals surface area (Å²) in [5, 5.41) is 5.09. The molecule has 0 fully saturated rings. The molecule has 0 spiro atoms. The van der Waals surface area contributed by atoms with Crippen LogP contribution in [0.2, 0.25) is 5.02 Å². The topological polar surface area (TPSA) is 63.8 Å². The monoisotopic (exact) mass is 426 g/mol. The van der Waals surface area contributed by atoms with E-state index < -0.39 is 5.97 Å². The number of furan rings is 1. The predicted octanol–water partition coefficient (Wildman–Crippen LogP) is 6.06. The number of hydrogen-bond donors (Lipinski definition) is 1. The van der Waals surface area contributed by atoms with E-state index in [1.165, 1.54) is 12.1 Å². The molecule has 154 valence electrons. The molecule has 1 aliphatic rings. The summed E-state index contributed by atoms with van der Waals surface area (Å²) in [6.07, 6.45) is 2.32. The molecule has 30 heavy (non-hydrogen) atoms. The molecule has 1 N–H and O–H groups in total. The van der Waals surface area contributed by atoms with E-state index in [1.807, 2.05) is 13.8 Å². The van der Waals surface area contributed by atoms with Gasteiger partial charge < -0.3 is 9.15 Å². The Hall–Kier alpha value is -3.12. The fourth-order valence-corrected chi connectivity index (χ4v) is 3.58. The van der Waals surface area contributed by atoms with Gasteiger partial charge in [-0.3, -0.25) is 5.43 Å². The number of rotatable bonds is 4. The minimum Gasteiger partial charge on any atom is -0.453 e. The van der Waals surface area contributed by atoms with Gasteiger partial charge in [0.15, 0.2) is 0 Å². The molecule has 1 heterocycles. The standard InChI is InChI=1S/C23H20ClFN2O3/c1-13-12-17(10-11-18(13)24)29-23(28)22-14(2)21-19(4-3-5-20(21)30-22)27-26-16-8-6-15(25)7-9-16/h6-12,26H,3-5H2,1-2H3/b27-19+. The van der Waals surface area contributed by atoms with E-state index in [9.17, 15) is 9.18 Å². The lowest BCUT2D eigenvalue weighted by atomic mass is 9.93. The van der Waals surface area contributed by atoms with Crippen molar-refractivity contribution >= 4 is 29.0 Å². The van der Waals surface area contributed by atoms with Crippen molar-refractivity contribution in [3.05, 3.63) is 81.5 Å². The Balaban J connectivity index is 1.59. The summed E-state index contributed by atoms with van der Waals surface area (Å²) in [5.74, 6) is 0.427. The fraction of sp³-hybridized carbons (Fsp3) is 0.217. The summed E-state index contributed by atoms with van der Waals surface area (Å²) in [6, 6.07) is 11.0. The molecule has 0 unspecified atom stereocenters. The number of benzene rings is 2. The maximum absolute atomic E-state index is 13.1. The summed E-state index contributed by atoms with van der Waals surface area (Å²) in [4.78, 5) is 12.7. The number of aryl methyl sites for hydroxylation is 2. The molecular formula is C23H20ClFN2O3. The van der Waals surface area contributed by atoms with Crippen LogP contribution in [0.3, 0.4) is 0 Å². The molecule has 4 rings (SSSR count). The molecular weight excluding hydrogens is 407 g/mol. The van der Waals surface area contributed by atoms with Crippen molar-refractivity contribution < 1.29 is 18.3 Å². The summed E-state index contributed by atoms with van der Waals surface area (Å²) < 4.78 is 24.4. The molecule has 0 saturated heterocycles. The molecule has 1 aliphatic carbocycles. The second-order valence-corrected chi connectivity index (χ2v) is 7.59. The number of nitrogens with one attached hydrogen (secondary N) is 1. The molecule has 1 aromatic heterocycles. The predicted molar refractivity (Wildman–Crippen MR) is 114 cm³/mol. The van der Waals surface area contributed by atoms with Crippen molar-refractivity contribution in [3.8, 4) is 5.75 Å². The molecule has 0 radical (unpaired) electrons. The van der Waals surface area contributed by atoms with E-state index in [2.05, 4.69) is 10.5 Å². The van der Waals surface area contributed by atoms with Gasteiger partial charge in [-0.2, -0.15) is 5.10 Å². The van der Waals surface area contributed by atoms with Gasteiger partial charge in [-0.25, -0.2) is 9.18 Å². The Morgan fingerprint density at radius 1 is 1.17 bits per heavy atom. The number of carbonyl (C=O) groups excluding carboxylic acids is 1. The molecule has 3 aromatic rings. The smallest absolute Gasteiger partial charge is 0.379 e. The third kappa shape index (κ3) is 4.09. The first-order valence-corrected chi connectivity index (χ1v) is 9.99. The number of anilines is 1. The van der Waals surface area contributed by atoms with Gasteiger partial charge in [-0.15, -0.1) is 0 Å². The van der Waals surface area contributed by atoms with Crippen LogP contribution in [0, 0.1) is 19.7 Å². The third-order valence-electron chi connectivity index (χ3n) is 5.02. The van der Waals surface area contributed by atoms with Crippen LogP contribution in [0.4, 0.5) is 10.1 Å². The highest BCUT2D eigenvalue weighted by atomic mass is 35.5. The number of esters is 1. The van der Waals surface area contributed by atoms with Crippen LogP contribution in [0.15, 0.2) is 52.0 Å². The minimum atomic E-state index is -0.561. The normalized spacial score (nSPS) is 14.5. The number of hydrogen-bond acceptors (Lipinski definition) is 5. The zero-order valence-corrected chi connectivity index (χ0v) is 17.3. The molecule has 7 heteroatoms. The molecule has 0 atom stereocenters. The van der Waals surface area contributed by atoms with Gasteiger partial charge in [0.05, 0.1) is 11.4 Å². The van der Waals surface area contributed by atoms with Crippen molar-refractivity contribution in [2.24, 2.45) is 5.10 Å². The van der Waals surface area contributed by atoms with Crippen LogP contribution in [0.5, 0.6) is 5.75 Å². The fourth-order valence-electron chi connectivity index (χ4n) is 3.47. The Morgan fingerprint density at radius 3 is 2.67 bits per heavy atom. The SMILES string of the molecule is Cc1cc(OC(=O)c2oc3c(c2C)/C(=N/Nc2ccc(F)cc2)CCC3)ccc1Cl. The zero-order valence-electron chi connectivity index (χ0n) is 16.6. The Labute approximate surface area is 178 Å². The summed E-state index contributed by atoms with van der Waals surface area (Å²) in [5.41, 5.74) is 6.76. The van der Waals surface area contributed by atoms with Gasteiger partial charge >= 0.3 is 5.97 Å². The van der Waals surface area contributed by atoms with Gasteiger partial charge in [0.25, 0.3) is 0 Å². The van der Waals surface area contributed by atoms with Crippen LogP contribution in [-0.4, -0.2) is 11.7 Å². The van der Waals surface area contributed by atoms with Crippen molar-refractivity contribution in [2.75, 3.05) is 5.43 Å². The van der Waals surface area contributed by atoms with E-state index in [4.69, 9.17) is 20.8 Å². The lowest BCUT2D eigenvalue weighted by Gasteiger charge is -2.13. The zero-order chi connectivity index (χ0) is 21.3. The molecule has 0 aliphatic heterocycles. The second kappa shape index (κ2) is 8.32. The summed E-state index contributed by atoms with van der Waals surface area (Å²) >= 11 is 6.03. The quantitative estimate of drug-likeness (QED) is 0.313. The molecule has 2 aromatic carbocycles. The van der Waals surface area contributed by atoms with E-state index in [0.717, 1.165) is 41.9 Å². The van der Waals surface area contributed by atoms with Gasteiger partial charge in [0.1, 0.15) is 17.3 Å². The molecule has 0 bridgehead atoms. The Bertz CT molecular complexity index is 1140. The highest BCUT2D eigenvalue weighted by Crippen LogP contribution is 2.31. The number of hydrazone groups is 1. The number of halogens is 2. The van der Waals surface area contributed by atoms with Crippen molar-refractivity contribution in [3.63, 3.8) is 0 Å². The minimum absolute atomic E-state index is 0.170. The Morgan fingerprint density at radius 2 is 1.93 bits per heavy atom. The van der Waals surface area contributed by atoms with Gasteiger partial charge in [-0.1, -0.05) is 11.6 Å². The van der Waals surface area contributed by atoms with Crippen molar-refractivity contribution in [1.29, 1.82) is 0 Å². The van der Waals surface area contributed by atoms with Crippen molar-refractivity contribution in [2.45, 2.75) is 33.1 Å². The van der Waals surface area contributed by atoms with Crippen molar-refractivity contribution in [1.82, 2.24) is 0 Å². The Kier molecular flexibility index (Phi) is 5.59. The van der Waals surface area contributed by atoms with E-state index in [1.54, 1.807) is 30.3 Å². The first-order chi connectivity index (χ1) is 14.4. The van der Waals surface area contributed by atoms with Crippen LogP contribution >= 0.6 is 11.6 Å². The van der Waals surface area contributed by atoms with Gasteiger partial charge in [0, 0.05) is 22.6 Å². The average molecular weight is 427 g/mol. The number of fused-ring (bicyclic) bond motifs is 1. The maximum atomic E-state index is 13.1. The highest BCUT2D eigenvalue weighted by Gasteiger charge is 2.29. The number of nitrogens with zero attached hydrogens (tertiary/aromatic N) is 1. The first-order valence-electron chi connectivity index (χ1n) is 9.61. The van der Waals surface area contributed by atoms with Crippen LogP contribution in [0.1, 0.15) is 45.8 Å². The van der Waals surface area contributed by atoms with Gasteiger partial charge in [-0.05, 0) is 74.7 Å². The molecule has 0 saturated carbocycles. The maximum Gasteiger partial charge on any atom is 0.379 e. The van der Waals surface area contributed by atoms with E-state index in [-0.39, 0.29) is 11.6 Å². The third-order valence-corrected chi connectivity index (χ3v) is 5.44. The molecule has 0 amide bonds. The van der Waals surface area contributed by atoms with Crippen LogP contribution in [-0.2, 0) is 6.42 Å². The highest BCUT2D eigenvalue weighted by molar-refractivity contribution is 6.31. The largest absolute Gasteiger partial charge is 0.453 e. The first kappa shape index (κ1) is 20.2.